The van der Waals surface area contributed by atoms with Crippen molar-refractivity contribution >= 4 is 27.8 Å². The number of anilines is 1. The summed E-state index contributed by atoms with van der Waals surface area (Å²) < 4.78 is 5.34. The van der Waals surface area contributed by atoms with Crippen molar-refractivity contribution in [2.24, 2.45) is 0 Å². The molecule has 3 heterocycles. The quantitative estimate of drug-likeness (QED) is 0.609. The maximum Gasteiger partial charge on any atom is 0.143 e. The van der Waals surface area contributed by atoms with Gasteiger partial charge in [0.15, 0.2) is 0 Å². The van der Waals surface area contributed by atoms with Gasteiger partial charge in [0.1, 0.15) is 23.6 Å². The van der Waals surface area contributed by atoms with Crippen molar-refractivity contribution in [3.05, 3.63) is 35.5 Å². The molecule has 0 aliphatic rings. The lowest BCUT2D eigenvalue weighted by molar-refractivity contribution is 0.393. The molecule has 4 aromatic rings. The molecule has 1 aromatic carbocycles. The largest absolute Gasteiger partial charge is 0.362 e. The van der Waals surface area contributed by atoms with Crippen LogP contribution in [0.4, 0.5) is 5.82 Å². The zero-order valence-corrected chi connectivity index (χ0v) is 14.4. The highest BCUT2D eigenvalue weighted by Crippen LogP contribution is 2.36. The number of hydrogen-bond acceptors (Lipinski definition) is 5. The third-order valence-electron chi connectivity index (χ3n) is 4.44. The van der Waals surface area contributed by atoms with E-state index in [1.54, 1.807) is 6.33 Å². The molecule has 0 amide bonds. The van der Waals surface area contributed by atoms with Crippen molar-refractivity contribution < 1.29 is 4.52 Å². The van der Waals surface area contributed by atoms with E-state index in [9.17, 15) is 0 Å². The molecule has 0 bridgehead atoms. The third kappa shape index (κ3) is 1.99. The van der Waals surface area contributed by atoms with Crippen LogP contribution in [0.25, 0.3) is 33.1 Å². The van der Waals surface area contributed by atoms with Crippen LogP contribution in [-0.4, -0.2) is 34.2 Å². The van der Waals surface area contributed by atoms with Gasteiger partial charge in [0.2, 0.25) is 0 Å². The Kier molecular flexibility index (Phi) is 3.09. The van der Waals surface area contributed by atoms with Crippen LogP contribution in [0.1, 0.15) is 17.0 Å². The van der Waals surface area contributed by atoms with E-state index in [0.717, 1.165) is 50.3 Å². The Morgan fingerprint density at radius 3 is 2.54 bits per heavy atom. The van der Waals surface area contributed by atoms with Crippen LogP contribution < -0.4 is 4.90 Å². The predicted octanol–water partition coefficient (Wildman–Crippen LogP) is 3.76. The lowest BCUT2D eigenvalue weighted by Crippen LogP contribution is -2.11. The van der Waals surface area contributed by atoms with Gasteiger partial charge in [-0.3, -0.25) is 0 Å². The molecule has 0 aliphatic heterocycles. The monoisotopic (exact) mass is 321 g/mol. The molecule has 0 radical (unpaired) electrons. The van der Waals surface area contributed by atoms with E-state index in [4.69, 9.17) is 4.52 Å². The summed E-state index contributed by atoms with van der Waals surface area (Å²) in [7, 11) is 3.98. The average molecular weight is 321 g/mol. The number of nitrogens with zero attached hydrogens (tertiary/aromatic N) is 4. The van der Waals surface area contributed by atoms with Gasteiger partial charge < -0.3 is 14.4 Å². The number of benzene rings is 1. The normalized spacial score (nSPS) is 11.5. The van der Waals surface area contributed by atoms with Gasteiger partial charge in [0.25, 0.3) is 0 Å². The van der Waals surface area contributed by atoms with Gasteiger partial charge in [0.05, 0.1) is 11.1 Å². The van der Waals surface area contributed by atoms with Gasteiger partial charge in [-0.2, -0.15) is 0 Å². The Labute approximate surface area is 139 Å². The van der Waals surface area contributed by atoms with E-state index in [2.05, 4.69) is 39.2 Å². The van der Waals surface area contributed by atoms with Gasteiger partial charge in [-0.25, -0.2) is 9.97 Å². The molecule has 24 heavy (non-hydrogen) atoms. The van der Waals surface area contributed by atoms with Crippen LogP contribution in [-0.2, 0) is 0 Å². The van der Waals surface area contributed by atoms with Crippen molar-refractivity contribution in [2.75, 3.05) is 19.0 Å². The number of nitrogens with one attached hydrogen (secondary N) is 1. The number of aromatic nitrogens is 4. The number of rotatable bonds is 2. The predicted molar refractivity (Wildman–Crippen MR) is 95.4 cm³/mol. The highest BCUT2D eigenvalue weighted by Gasteiger charge is 2.18. The van der Waals surface area contributed by atoms with Crippen LogP contribution in [0.3, 0.4) is 0 Å². The zero-order valence-electron chi connectivity index (χ0n) is 14.4. The molecule has 0 fully saturated rings. The van der Waals surface area contributed by atoms with Gasteiger partial charge >= 0.3 is 0 Å². The number of fused-ring (bicyclic) bond motifs is 3. The van der Waals surface area contributed by atoms with Gasteiger partial charge in [-0.15, -0.1) is 0 Å². The molecule has 1 N–H and O–H groups in total. The average Bonchev–Trinajstić information content (AvgIpc) is 3.06. The lowest BCUT2D eigenvalue weighted by Gasteiger charge is -2.12. The standard InChI is InChI=1S/C18H19N5O/c1-9-6-13-14(7-12(9)15-10(2)22-24-11(15)3)21-17-16(13)18(23(4)5)20-8-19-17/h6-8H,1-5H3,(H,19,20,21). The SMILES string of the molecule is Cc1cc2c(cc1-c1c(C)noc1C)[nH]c1ncnc(N(C)C)c12. The topological polar surface area (TPSA) is 70.8 Å². The molecule has 6 nitrogen and oxygen atoms in total. The fourth-order valence-electron chi connectivity index (χ4n) is 3.34. The minimum Gasteiger partial charge on any atom is -0.362 e. The summed E-state index contributed by atoms with van der Waals surface area (Å²) in [6.45, 7) is 6.02. The van der Waals surface area contributed by atoms with E-state index in [1.165, 1.54) is 5.56 Å². The molecule has 3 aromatic heterocycles. The second-order valence-corrected chi connectivity index (χ2v) is 6.35. The highest BCUT2D eigenvalue weighted by molar-refractivity contribution is 6.12. The Morgan fingerprint density at radius 2 is 1.88 bits per heavy atom. The molecule has 0 unspecified atom stereocenters. The Hall–Kier alpha value is -2.89. The van der Waals surface area contributed by atoms with Crippen molar-refractivity contribution in [3.8, 4) is 11.1 Å². The van der Waals surface area contributed by atoms with Crippen LogP contribution >= 0.6 is 0 Å². The van der Waals surface area contributed by atoms with E-state index in [1.807, 2.05) is 32.8 Å². The van der Waals surface area contributed by atoms with Crippen LogP contribution in [0, 0.1) is 20.8 Å². The molecule has 0 spiro atoms. The number of H-pyrrole nitrogens is 1. The van der Waals surface area contributed by atoms with Crippen molar-refractivity contribution in [1.82, 2.24) is 20.1 Å². The molecule has 122 valence electrons. The highest BCUT2D eigenvalue weighted by atomic mass is 16.5. The number of aromatic amines is 1. The van der Waals surface area contributed by atoms with Crippen LogP contribution in [0.15, 0.2) is 23.0 Å². The van der Waals surface area contributed by atoms with E-state index < -0.39 is 0 Å². The smallest absolute Gasteiger partial charge is 0.143 e. The van der Waals surface area contributed by atoms with Gasteiger partial charge in [-0.05, 0) is 44.0 Å². The molecule has 0 saturated carbocycles. The maximum absolute atomic E-state index is 5.34. The van der Waals surface area contributed by atoms with Crippen LogP contribution in [0.5, 0.6) is 0 Å². The summed E-state index contributed by atoms with van der Waals surface area (Å²) in [6.07, 6.45) is 1.59. The second kappa shape index (κ2) is 5.06. The summed E-state index contributed by atoms with van der Waals surface area (Å²) in [4.78, 5) is 14.2. The number of aryl methyl sites for hydroxylation is 3. The Balaban J connectivity index is 2.07. The van der Waals surface area contributed by atoms with E-state index in [-0.39, 0.29) is 0 Å². The minimum atomic E-state index is 0.833. The molecular formula is C18H19N5O. The molecule has 0 aliphatic carbocycles. The van der Waals surface area contributed by atoms with E-state index in [0.29, 0.717) is 0 Å². The van der Waals surface area contributed by atoms with Crippen LogP contribution in [0.2, 0.25) is 0 Å². The Bertz CT molecular complexity index is 1050. The minimum absolute atomic E-state index is 0.833. The van der Waals surface area contributed by atoms with Gasteiger partial charge in [0, 0.05) is 30.6 Å². The first-order chi connectivity index (χ1) is 11.5. The first-order valence-corrected chi connectivity index (χ1v) is 7.85. The summed E-state index contributed by atoms with van der Waals surface area (Å²) in [6, 6.07) is 4.34. The third-order valence-corrected chi connectivity index (χ3v) is 4.44. The number of hydrogen-bond donors (Lipinski definition) is 1. The van der Waals surface area contributed by atoms with Gasteiger partial charge in [-0.1, -0.05) is 5.16 Å². The molecule has 4 rings (SSSR count). The van der Waals surface area contributed by atoms with E-state index >= 15 is 0 Å². The summed E-state index contributed by atoms with van der Waals surface area (Å²) >= 11 is 0. The zero-order chi connectivity index (χ0) is 17.0. The first kappa shape index (κ1) is 14.7. The second-order valence-electron chi connectivity index (χ2n) is 6.35. The fourth-order valence-corrected chi connectivity index (χ4v) is 3.34. The maximum atomic E-state index is 5.34. The first-order valence-electron chi connectivity index (χ1n) is 7.85. The Morgan fingerprint density at radius 1 is 1.08 bits per heavy atom. The lowest BCUT2D eigenvalue weighted by atomic mass is 9.97. The summed E-state index contributed by atoms with van der Waals surface area (Å²) in [5.41, 5.74) is 6.15. The molecule has 0 saturated heterocycles. The summed E-state index contributed by atoms with van der Waals surface area (Å²) in [5, 5.41) is 6.25. The molecule has 0 atom stereocenters. The molecule has 6 heteroatoms. The van der Waals surface area contributed by atoms with Crippen molar-refractivity contribution in [2.45, 2.75) is 20.8 Å². The summed E-state index contributed by atoms with van der Waals surface area (Å²) in [5.74, 6) is 1.75. The fraction of sp³-hybridized carbons (Fsp3) is 0.278. The van der Waals surface area contributed by atoms with Crippen molar-refractivity contribution in [3.63, 3.8) is 0 Å². The molecular weight excluding hydrogens is 302 g/mol. The van der Waals surface area contributed by atoms with Crippen molar-refractivity contribution in [1.29, 1.82) is 0 Å².